The van der Waals surface area contributed by atoms with E-state index >= 15 is 0 Å². The summed E-state index contributed by atoms with van der Waals surface area (Å²) in [4.78, 5) is 0. The molecule has 0 spiro atoms. The molecule has 11 heavy (non-hydrogen) atoms. The van der Waals surface area contributed by atoms with Crippen LogP contribution in [-0.2, 0) is 6.42 Å². The number of phenols is 1. The maximum Gasteiger partial charge on any atom is 0.118 e. The summed E-state index contributed by atoms with van der Waals surface area (Å²) in [5.41, 5.74) is 1.82. The molecule has 1 rings (SSSR count). The molecule has 1 aromatic carbocycles. The van der Waals surface area contributed by atoms with E-state index in [9.17, 15) is 5.11 Å². The van der Waals surface area contributed by atoms with Gasteiger partial charge in [-0.3, -0.25) is 0 Å². The third-order valence-corrected chi connectivity index (χ3v) is 2.10. The normalized spacial score (nSPS) is 10.1. The number of hydrogen-bond donors (Lipinski definition) is 1. The lowest BCUT2D eigenvalue weighted by molar-refractivity contribution is 0.470. The van der Waals surface area contributed by atoms with E-state index in [0.717, 1.165) is 22.6 Å². The van der Waals surface area contributed by atoms with Crippen LogP contribution in [0.3, 0.4) is 0 Å². The number of halogens is 1. The van der Waals surface area contributed by atoms with E-state index in [2.05, 4.69) is 0 Å². The second-order valence-corrected chi connectivity index (χ2v) is 2.99. The SMILES string of the molecule is CCc1cc(O)c(C)cc1Cl. The number of hydrogen-bond acceptors (Lipinski definition) is 1. The third kappa shape index (κ3) is 1.66. The predicted molar refractivity (Wildman–Crippen MR) is 47.2 cm³/mol. The highest BCUT2D eigenvalue weighted by Gasteiger charge is 2.02. The molecule has 0 aliphatic carbocycles. The molecule has 0 atom stereocenters. The van der Waals surface area contributed by atoms with Crippen molar-refractivity contribution in [1.82, 2.24) is 0 Å². The summed E-state index contributed by atoms with van der Waals surface area (Å²) in [6.45, 7) is 3.84. The maximum absolute atomic E-state index is 9.30. The van der Waals surface area contributed by atoms with Crippen molar-refractivity contribution in [3.8, 4) is 5.75 Å². The van der Waals surface area contributed by atoms with Gasteiger partial charge in [0.2, 0.25) is 0 Å². The van der Waals surface area contributed by atoms with E-state index in [1.54, 1.807) is 12.1 Å². The Labute approximate surface area is 71.6 Å². The van der Waals surface area contributed by atoms with Crippen molar-refractivity contribution < 1.29 is 5.11 Å². The van der Waals surface area contributed by atoms with Crippen LogP contribution in [0.25, 0.3) is 0 Å². The van der Waals surface area contributed by atoms with Crippen LogP contribution in [0.5, 0.6) is 5.75 Å². The molecule has 1 aromatic rings. The number of rotatable bonds is 1. The Kier molecular flexibility index (Phi) is 2.40. The lowest BCUT2D eigenvalue weighted by Crippen LogP contribution is -1.83. The molecule has 0 aromatic heterocycles. The van der Waals surface area contributed by atoms with E-state index in [4.69, 9.17) is 11.6 Å². The second-order valence-electron chi connectivity index (χ2n) is 2.58. The summed E-state index contributed by atoms with van der Waals surface area (Å²) in [5.74, 6) is 0.325. The predicted octanol–water partition coefficient (Wildman–Crippen LogP) is 2.92. The fourth-order valence-electron chi connectivity index (χ4n) is 0.975. The van der Waals surface area contributed by atoms with Gasteiger partial charge in [-0.2, -0.15) is 0 Å². The minimum Gasteiger partial charge on any atom is -0.508 e. The minimum absolute atomic E-state index is 0.325. The average molecular weight is 171 g/mol. The van der Waals surface area contributed by atoms with Crippen molar-refractivity contribution in [2.24, 2.45) is 0 Å². The molecular weight excluding hydrogens is 160 g/mol. The van der Waals surface area contributed by atoms with Crippen LogP contribution in [0.2, 0.25) is 5.02 Å². The Bertz CT molecular complexity index is 269. The second kappa shape index (κ2) is 3.14. The number of phenolic OH excluding ortho intramolecular Hbond substituents is 1. The zero-order valence-corrected chi connectivity index (χ0v) is 7.44. The van der Waals surface area contributed by atoms with Gasteiger partial charge in [-0.05, 0) is 36.6 Å². The standard InChI is InChI=1S/C9H11ClO/c1-3-7-5-9(11)6(2)4-8(7)10/h4-5,11H,3H2,1-2H3. The first-order valence-corrected chi connectivity index (χ1v) is 4.01. The highest BCUT2D eigenvalue weighted by atomic mass is 35.5. The summed E-state index contributed by atoms with van der Waals surface area (Å²) in [7, 11) is 0. The molecule has 0 aliphatic rings. The molecule has 0 saturated carbocycles. The lowest BCUT2D eigenvalue weighted by Gasteiger charge is -2.03. The van der Waals surface area contributed by atoms with Crippen LogP contribution < -0.4 is 0 Å². The molecule has 0 bridgehead atoms. The molecule has 0 fully saturated rings. The van der Waals surface area contributed by atoms with E-state index in [1.165, 1.54) is 0 Å². The van der Waals surface area contributed by atoms with Crippen LogP contribution >= 0.6 is 11.6 Å². The van der Waals surface area contributed by atoms with Crippen LogP contribution in [0, 0.1) is 6.92 Å². The van der Waals surface area contributed by atoms with Gasteiger partial charge in [0.05, 0.1) is 0 Å². The van der Waals surface area contributed by atoms with Crippen molar-refractivity contribution in [3.63, 3.8) is 0 Å². The third-order valence-electron chi connectivity index (χ3n) is 1.75. The van der Waals surface area contributed by atoms with Crippen molar-refractivity contribution >= 4 is 11.6 Å². The zero-order valence-electron chi connectivity index (χ0n) is 6.69. The number of aromatic hydroxyl groups is 1. The van der Waals surface area contributed by atoms with Gasteiger partial charge in [-0.15, -0.1) is 0 Å². The molecular formula is C9H11ClO. The van der Waals surface area contributed by atoms with E-state index in [0.29, 0.717) is 5.75 Å². The van der Waals surface area contributed by atoms with Gasteiger partial charge in [0.15, 0.2) is 0 Å². The molecule has 0 radical (unpaired) electrons. The Balaban J connectivity index is 3.21. The highest BCUT2D eigenvalue weighted by Crippen LogP contribution is 2.25. The summed E-state index contributed by atoms with van der Waals surface area (Å²) >= 11 is 5.89. The summed E-state index contributed by atoms with van der Waals surface area (Å²) in [6, 6.07) is 3.51. The molecule has 0 unspecified atom stereocenters. The highest BCUT2D eigenvalue weighted by molar-refractivity contribution is 6.31. The molecule has 0 aliphatic heterocycles. The number of benzene rings is 1. The summed E-state index contributed by atoms with van der Waals surface area (Å²) in [5, 5.41) is 10.0. The van der Waals surface area contributed by atoms with Crippen LogP contribution in [0.15, 0.2) is 12.1 Å². The van der Waals surface area contributed by atoms with E-state index in [-0.39, 0.29) is 0 Å². The van der Waals surface area contributed by atoms with Gasteiger partial charge in [-0.25, -0.2) is 0 Å². The van der Waals surface area contributed by atoms with Crippen molar-refractivity contribution in [3.05, 3.63) is 28.3 Å². The molecule has 0 amide bonds. The Morgan fingerprint density at radius 1 is 1.45 bits per heavy atom. The first-order valence-electron chi connectivity index (χ1n) is 3.63. The lowest BCUT2D eigenvalue weighted by atomic mass is 10.1. The first-order chi connectivity index (χ1) is 5.15. The molecule has 0 saturated heterocycles. The molecule has 1 N–H and O–H groups in total. The smallest absolute Gasteiger partial charge is 0.118 e. The largest absolute Gasteiger partial charge is 0.508 e. The van der Waals surface area contributed by atoms with Crippen LogP contribution in [-0.4, -0.2) is 5.11 Å². The molecule has 60 valence electrons. The van der Waals surface area contributed by atoms with Gasteiger partial charge < -0.3 is 5.11 Å². The van der Waals surface area contributed by atoms with Crippen molar-refractivity contribution in [2.45, 2.75) is 20.3 Å². The van der Waals surface area contributed by atoms with Gasteiger partial charge in [0.25, 0.3) is 0 Å². The maximum atomic E-state index is 9.30. The topological polar surface area (TPSA) is 20.2 Å². The zero-order chi connectivity index (χ0) is 8.43. The molecule has 1 nitrogen and oxygen atoms in total. The van der Waals surface area contributed by atoms with E-state index < -0.39 is 0 Å². The Hall–Kier alpha value is -0.690. The van der Waals surface area contributed by atoms with Crippen LogP contribution in [0.1, 0.15) is 18.1 Å². The van der Waals surface area contributed by atoms with Crippen LogP contribution in [0.4, 0.5) is 0 Å². The van der Waals surface area contributed by atoms with Crippen molar-refractivity contribution in [2.75, 3.05) is 0 Å². The van der Waals surface area contributed by atoms with Crippen molar-refractivity contribution in [1.29, 1.82) is 0 Å². The monoisotopic (exact) mass is 170 g/mol. The molecule has 2 heteroatoms. The summed E-state index contributed by atoms with van der Waals surface area (Å²) < 4.78 is 0. The van der Waals surface area contributed by atoms with Gasteiger partial charge in [0.1, 0.15) is 5.75 Å². The quantitative estimate of drug-likeness (QED) is 0.687. The van der Waals surface area contributed by atoms with Gasteiger partial charge in [-0.1, -0.05) is 18.5 Å². The first kappa shape index (κ1) is 8.41. The number of aryl methyl sites for hydroxylation is 2. The van der Waals surface area contributed by atoms with E-state index in [1.807, 2.05) is 13.8 Å². The van der Waals surface area contributed by atoms with Gasteiger partial charge >= 0.3 is 0 Å². The summed E-state index contributed by atoms with van der Waals surface area (Å²) in [6.07, 6.45) is 0.854. The minimum atomic E-state index is 0.325. The van der Waals surface area contributed by atoms with Gasteiger partial charge in [0, 0.05) is 5.02 Å². The Morgan fingerprint density at radius 2 is 2.09 bits per heavy atom. The fraction of sp³-hybridized carbons (Fsp3) is 0.333. The average Bonchev–Trinajstić information content (AvgIpc) is 1.97. The molecule has 0 heterocycles. The Morgan fingerprint density at radius 3 is 2.64 bits per heavy atom. The fourth-order valence-corrected chi connectivity index (χ4v) is 1.33.